The molecule has 0 atom stereocenters. The van der Waals surface area contributed by atoms with Gasteiger partial charge in [-0.2, -0.15) is 0 Å². The zero-order chi connectivity index (χ0) is 12.8. The van der Waals surface area contributed by atoms with Crippen LogP contribution in [0.25, 0.3) is 0 Å². The van der Waals surface area contributed by atoms with E-state index >= 15 is 0 Å². The van der Waals surface area contributed by atoms with Crippen LogP contribution in [0, 0.1) is 0 Å². The molecule has 2 aromatic rings. The van der Waals surface area contributed by atoms with Gasteiger partial charge in [0, 0.05) is 19.4 Å². The van der Waals surface area contributed by atoms with Crippen molar-refractivity contribution < 1.29 is 4.74 Å². The van der Waals surface area contributed by atoms with Crippen molar-refractivity contribution in [1.29, 1.82) is 0 Å². The van der Waals surface area contributed by atoms with Gasteiger partial charge in [0.1, 0.15) is 24.6 Å². The van der Waals surface area contributed by atoms with Gasteiger partial charge in [0.15, 0.2) is 5.82 Å². The lowest BCUT2D eigenvalue weighted by molar-refractivity contribution is 0.178. The molecule has 0 aliphatic carbocycles. The van der Waals surface area contributed by atoms with Crippen molar-refractivity contribution in [3.63, 3.8) is 0 Å². The molecule has 2 heterocycles. The lowest BCUT2D eigenvalue weighted by atomic mass is 10.4. The van der Waals surface area contributed by atoms with Crippen molar-refractivity contribution in [1.82, 2.24) is 19.9 Å². The van der Waals surface area contributed by atoms with E-state index < -0.39 is 0 Å². The zero-order valence-corrected chi connectivity index (χ0v) is 10.00. The van der Waals surface area contributed by atoms with E-state index in [2.05, 4.69) is 25.3 Å². The Morgan fingerprint density at radius 1 is 1.39 bits per heavy atom. The summed E-state index contributed by atoms with van der Waals surface area (Å²) in [6, 6.07) is 3.49. The van der Waals surface area contributed by atoms with Crippen LogP contribution in [0.2, 0.25) is 0 Å². The van der Waals surface area contributed by atoms with Crippen LogP contribution >= 0.6 is 0 Å². The molecule has 0 aliphatic heterocycles. The SMILES string of the molecule is COCc1nc(N)cc(NCc2ccncn2)n1. The summed E-state index contributed by atoms with van der Waals surface area (Å²) in [6.45, 7) is 0.874. The van der Waals surface area contributed by atoms with Crippen molar-refractivity contribution >= 4 is 11.6 Å². The fourth-order valence-electron chi connectivity index (χ4n) is 1.41. The molecule has 0 aromatic carbocycles. The number of methoxy groups -OCH3 is 1. The summed E-state index contributed by atoms with van der Waals surface area (Å²) in [5.41, 5.74) is 6.56. The third kappa shape index (κ3) is 3.36. The fourth-order valence-corrected chi connectivity index (χ4v) is 1.41. The maximum absolute atomic E-state index is 5.69. The molecule has 0 unspecified atom stereocenters. The first-order valence-corrected chi connectivity index (χ1v) is 5.39. The highest BCUT2D eigenvalue weighted by Gasteiger charge is 2.02. The van der Waals surface area contributed by atoms with Gasteiger partial charge in [0.25, 0.3) is 0 Å². The van der Waals surface area contributed by atoms with Crippen molar-refractivity contribution in [3.8, 4) is 0 Å². The van der Waals surface area contributed by atoms with E-state index in [9.17, 15) is 0 Å². The Kier molecular flexibility index (Phi) is 3.98. The number of hydrogen-bond acceptors (Lipinski definition) is 7. The van der Waals surface area contributed by atoms with Gasteiger partial charge in [-0.05, 0) is 6.07 Å². The van der Waals surface area contributed by atoms with Gasteiger partial charge in [0.2, 0.25) is 0 Å². The highest BCUT2D eigenvalue weighted by Crippen LogP contribution is 2.09. The quantitative estimate of drug-likeness (QED) is 0.797. The Labute approximate surface area is 104 Å². The van der Waals surface area contributed by atoms with Gasteiger partial charge in [-0.3, -0.25) is 0 Å². The third-order valence-electron chi connectivity index (χ3n) is 2.16. The van der Waals surface area contributed by atoms with E-state index in [-0.39, 0.29) is 0 Å². The molecule has 0 spiro atoms. The zero-order valence-electron chi connectivity index (χ0n) is 10.00. The van der Waals surface area contributed by atoms with Crippen molar-refractivity contribution in [3.05, 3.63) is 36.2 Å². The van der Waals surface area contributed by atoms with Gasteiger partial charge >= 0.3 is 0 Å². The van der Waals surface area contributed by atoms with Crippen LogP contribution in [-0.4, -0.2) is 27.0 Å². The van der Waals surface area contributed by atoms with Crippen LogP contribution in [-0.2, 0) is 17.9 Å². The van der Waals surface area contributed by atoms with Gasteiger partial charge in [-0.25, -0.2) is 19.9 Å². The van der Waals surface area contributed by atoms with Crippen molar-refractivity contribution in [2.45, 2.75) is 13.2 Å². The monoisotopic (exact) mass is 246 g/mol. The number of nitrogen functional groups attached to an aromatic ring is 1. The number of ether oxygens (including phenoxy) is 1. The Hall–Kier alpha value is -2.28. The van der Waals surface area contributed by atoms with E-state index in [0.717, 1.165) is 5.69 Å². The van der Waals surface area contributed by atoms with E-state index in [4.69, 9.17) is 10.5 Å². The van der Waals surface area contributed by atoms with Crippen molar-refractivity contribution in [2.75, 3.05) is 18.2 Å². The van der Waals surface area contributed by atoms with Crippen LogP contribution < -0.4 is 11.1 Å². The molecule has 3 N–H and O–H groups in total. The molecule has 0 bridgehead atoms. The summed E-state index contributed by atoms with van der Waals surface area (Å²) in [5, 5.41) is 3.12. The third-order valence-corrected chi connectivity index (χ3v) is 2.16. The Balaban J connectivity index is 2.05. The largest absolute Gasteiger partial charge is 0.384 e. The molecule has 2 aromatic heterocycles. The molecule has 7 nitrogen and oxygen atoms in total. The number of nitrogens with one attached hydrogen (secondary N) is 1. The number of nitrogens with zero attached hydrogens (tertiary/aromatic N) is 4. The first-order chi connectivity index (χ1) is 8.78. The molecule has 0 aliphatic rings. The minimum absolute atomic E-state index is 0.327. The minimum atomic E-state index is 0.327. The number of nitrogens with two attached hydrogens (primary N) is 1. The molecule has 18 heavy (non-hydrogen) atoms. The van der Waals surface area contributed by atoms with Crippen LogP contribution in [0.15, 0.2) is 24.7 Å². The Morgan fingerprint density at radius 3 is 3.00 bits per heavy atom. The molecule has 0 radical (unpaired) electrons. The molecule has 94 valence electrons. The Morgan fingerprint density at radius 2 is 2.28 bits per heavy atom. The second kappa shape index (κ2) is 5.87. The second-order valence-electron chi connectivity index (χ2n) is 3.58. The summed E-state index contributed by atoms with van der Waals surface area (Å²) >= 11 is 0. The molecule has 0 saturated carbocycles. The second-order valence-corrected chi connectivity index (χ2v) is 3.58. The topological polar surface area (TPSA) is 98.8 Å². The first-order valence-electron chi connectivity index (χ1n) is 5.39. The molecule has 0 saturated heterocycles. The summed E-state index contributed by atoms with van der Waals surface area (Å²) in [4.78, 5) is 16.3. The standard InChI is InChI=1S/C11H14N6O/c1-18-6-11-16-9(12)4-10(17-11)14-5-8-2-3-13-7-15-8/h2-4,7H,5-6H2,1H3,(H3,12,14,16,17). The first kappa shape index (κ1) is 12.2. The molecular formula is C11H14N6O. The van der Waals surface area contributed by atoms with E-state index in [0.29, 0.717) is 30.6 Å². The number of aromatic nitrogens is 4. The van der Waals surface area contributed by atoms with Crippen LogP contribution in [0.3, 0.4) is 0 Å². The van der Waals surface area contributed by atoms with E-state index in [1.54, 1.807) is 19.4 Å². The van der Waals surface area contributed by atoms with E-state index in [1.807, 2.05) is 6.07 Å². The lowest BCUT2D eigenvalue weighted by Gasteiger charge is -2.07. The minimum Gasteiger partial charge on any atom is -0.384 e. The smallest absolute Gasteiger partial charge is 0.158 e. The van der Waals surface area contributed by atoms with Gasteiger partial charge in [-0.1, -0.05) is 0 Å². The normalized spacial score (nSPS) is 10.3. The average molecular weight is 246 g/mol. The summed E-state index contributed by atoms with van der Waals surface area (Å²) in [5.74, 6) is 1.60. The van der Waals surface area contributed by atoms with E-state index in [1.165, 1.54) is 6.33 Å². The highest BCUT2D eigenvalue weighted by atomic mass is 16.5. The molecule has 0 fully saturated rings. The maximum atomic E-state index is 5.69. The Bertz CT molecular complexity index is 504. The predicted molar refractivity (Wildman–Crippen MR) is 66.5 cm³/mol. The van der Waals surface area contributed by atoms with Crippen LogP contribution in [0.4, 0.5) is 11.6 Å². The lowest BCUT2D eigenvalue weighted by Crippen LogP contribution is -2.08. The molecule has 0 amide bonds. The summed E-state index contributed by atoms with van der Waals surface area (Å²) < 4.78 is 4.97. The predicted octanol–water partition coefficient (Wildman–Crippen LogP) is 0.607. The van der Waals surface area contributed by atoms with Crippen molar-refractivity contribution in [2.24, 2.45) is 0 Å². The van der Waals surface area contributed by atoms with Crippen LogP contribution in [0.5, 0.6) is 0 Å². The molecule has 7 heteroatoms. The molecular weight excluding hydrogens is 232 g/mol. The maximum Gasteiger partial charge on any atom is 0.158 e. The van der Waals surface area contributed by atoms with Gasteiger partial charge in [-0.15, -0.1) is 0 Å². The summed E-state index contributed by atoms with van der Waals surface area (Å²) in [7, 11) is 1.58. The highest BCUT2D eigenvalue weighted by molar-refractivity contribution is 5.44. The number of rotatable bonds is 5. The molecule has 2 rings (SSSR count). The summed E-state index contributed by atoms with van der Waals surface area (Å²) in [6.07, 6.45) is 3.19. The van der Waals surface area contributed by atoms with Gasteiger partial charge < -0.3 is 15.8 Å². The number of hydrogen-bond donors (Lipinski definition) is 2. The van der Waals surface area contributed by atoms with Gasteiger partial charge in [0.05, 0.1) is 12.2 Å². The number of anilines is 2. The van der Waals surface area contributed by atoms with Crippen LogP contribution in [0.1, 0.15) is 11.5 Å². The average Bonchev–Trinajstić information content (AvgIpc) is 2.37. The fraction of sp³-hybridized carbons (Fsp3) is 0.273.